The van der Waals surface area contributed by atoms with Crippen molar-refractivity contribution in [1.82, 2.24) is 4.90 Å². The molecule has 2 fully saturated rings. The summed E-state index contributed by atoms with van der Waals surface area (Å²) in [7, 11) is 0. The molecular weight excluding hydrogens is 230 g/mol. The molecule has 1 nitrogen and oxygen atoms in total. The maximum atomic E-state index is 2.62. The molecule has 0 aromatic heterocycles. The zero-order valence-electron chi connectivity index (χ0n) is 14.0. The van der Waals surface area contributed by atoms with Crippen LogP contribution in [-0.2, 0) is 0 Å². The first-order chi connectivity index (χ1) is 8.75. The summed E-state index contributed by atoms with van der Waals surface area (Å²) in [5.41, 5.74) is 1.09. The molecule has 112 valence electrons. The maximum Gasteiger partial charge on any atom is -0.000653 e. The fraction of sp³-hybridized carbons (Fsp3) is 1.00. The lowest BCUT2D eigenvalue weighted by Gasteiger charge is -2.34. The van der Waals surface area contributed by atoms with E-state index in [9.17, 15) is 0 Å². The second-order valence-electron chi connectivity index (χ2n) is 9.17. The summed E-state index contributed by atoms with van der Waals surface area (Å²) < 4.78 is 0. The van der Waals surface area contributed by atoms with Crippen LogP contribution in [-0.4, -0.2) is 24.5 Å². The van der Waals surface area contributed by atoms with Gasteiger partial charge in [-0.3, -0.25) is 0 Å². The van der Waals surface area contributed by atoms with E-state index >= 15 is 0 Å². The van der Waals surface area contributed by atoms with Crippen LogP contribution in [0.4, 0.5) is 0 Å². The normalized spacial score (nSPS) is 28.3. The molecule has 0 aromatic carbocycles. The Kier molecular flexibility index (Phi) is 4.65. The highest BCUT2D eigenvalue weighted by atomic mass is 15.2. The van der Waals surface area contributed by atoms with Crippen LogP contribution in [0.5, 0.6) is 0 Å². The van der Waals surface area contributed by atoms with Crippen molar-refractivity contribution in [2.75, 3.05) is 19.6 Å². The molecule has 1 saturated heterocycles. The number of rotatable bonds is 7. The van der Waals surface area contributed by atoms with E-state index in [0.717, 1.165) is 11.8 Å². The van der Waals surface area contributed by atoms with Gasteiger partial charge in [-0.1, -0.05) is 34.6 Å². The summed E-state index contributed by atoms with van der Waals surface area (Å²) in [6.45, 7) is 16.2. The average Bonchev–Trinajstić information content (AvgIpc) is 2.88. The van der Waals surface area contributed by atoms with Gasteiger partial charge in [0.25, 0.3) is 0 Å². The van der Waals surface area contributed by atoms with Gasteiger partial charge in [0.2, 0.25) is 0 Å². The number of hydrogen-bond donors (Lipinski definition) is 0. The SMILES string of the molecule is CC(C)(C)CCC1CC1CC(C)(C)CCN1CCC1. The molecule has 1 heteroatoms. The van der Waals surface area contributed by atoms with Crippen LogP contribution >= 0.6 is 0 Å². The van der Waals surface area contributed by atoms with E-state index in [2.05, 4.69) is 39.5 Å². The van der Waals surface area contributed by atoms with Gasteiger partial charge in [0, 0.05) is 0 Å². The summed E-state index contributed by atoms with van der Waals surface area (Å²) in [4.78, 5) is 2.62. The molecule has 1 saturated carbocycles. The predicted molar refractivity (Wildman–Crippen MR) is 84.4 cm³/mol. The van der Waals surface area contributed by atoms with Crippen molar-refractivity contribution in [3.05, 3.63) is 0 Å². The van der Waals surface area contributed by atoms with Gasteiger partial charge in [0.1, 0.15) is 0 Å². The van der Waals surface area contributed by atoms with Gasteiger partial charge in [0.05, 0.1) is 0 Å². The summed E-state index contributed by atoms with van der Waals surface area (Å²) in [6.07, 6.45) is 8.69. The molecule has 19 heavy (non-hydrogen) atoms. The first-order valence-electron chi connectivity index (χ1n) is 8.48. The molecule has 2 atom stereocenters. The summed E-state index contributed by atoms with van der Waals surface area (Å²) in [5, 5.41) is 0. The molecule has 2 aliphatic rings. The topological polar surface area (TPSA) is 3.24 Å². The summed E-state index contributed by atoms with van der Waals surface area (Å²) >= 11 is 0. The first kappa shape index (κ1) is 15.4. The van der Waals surface area contributed by atoms with Crippen LogP contribution in [0.15, 0.2) is 0 Å². The molecule has 1 heterocycles. The Balaban J connectivity index is 1.61. The van der Waals surface area contributed by atoms with Crippen LogP contribution in [0, 0.1) is 22.7 Å². The van der Waals surface area contributed by atoms with E-state index in [4.69, 9.17) is 0 Å². The zero-order valence-corrected chi connectivity index (χ0v) is 14.0. The van der Waals surface area contributed by atoms with Crippen LogP contribution < -0.4 is 0 Å². The lowest BCUT2D eigenvalue weighted by molar-refractivity contribution is 0.144. The molecule has 2 rings (SSSR count). The number of nitrogens with zero attached hydrogens (tertiary/aromatic N) is 1. The molecule has 0 bridgehead atoms. The Labute approximate surface area is 121 Å². The average molecular weight is 265 g/mol. The maximum absolute atomic E-state index is 2.62. The van der Waals surface area contributed by atoms with Gasteiger partial charge in [-0.2, -0.15) is 0 Å². The zero-order chi connectivity index (χ0) is 14.1. The lowest BCUT2D eigenvalue weighted by Crippen LogP contribution is -2.39. The highest BCUT2D eigenvalue weighted by Crippen LogP contribution is 2.50. The van der Waals surface area contributed by atoms with Crippen molar-refractivity contribution in [2.45, 2.75) is 73.1 Å². The lowest BCUT2D eigenvalue weighted by atomic mass is 9.82. The van der Waals surface area contributed by atoms with E-state index in [1.54, 1.807) is 0 Å². The minimum Gasteiger partial charge on any atom is -0.303 e. The van der Waals surface area contributed by atoms with E-state index < -0.39 is 0 Å². The first-order valence-corrected chi connectivity index (χ1v) is 8.48. The predicted octanol–water partition coefficient (Wildman–Crippen LogP) is 4.96. The molecule has 0 spiro atoms. The fourth-order valence-corrected chi connectivity index (χ4v) is 3.41. The molecule has 0 radical (unpaired) electrons. The van der Waals surface area contributed by atoms with E-state index in [1.165, 1.54) is 58.2 Å². The Bertz CT molecular complexity index is 283. The third-order valence-electron chi connectivity index (χ3n) is 5.20. The number of hydrogen-bond acceptors (Lipinski definition) is 1. The van der Waals surface area contributed by atoms with Gasteiger partial charge >= 0.3 is 0 Å². The summed E-state index contributed by atoms with van der Waals surface area (Å²) in [5.74, 6) is 2.11. The molecule has 0 amide bonds. The third-order valence-corrected chi connectivity index (χ3v) is 5.20. The van der Waals surface area contributed by atoms with Crippen LogP contribution in [0.3, 0.4) is 0 Å². The van der Waals surface area contributed by atoms with Crippen molar-refractivity contribution in [1.29, 1.82) is 0 Å². The highest BCUT2D eigenvalue weighted by molar-refractivity contribution is 4.91. The van der Waals surface area contributed by atoms with E-state index in [0.29, 0.717) is 10.8 Å². The summed E-state index contributed by atoms with van der Waals surface area (Å²) in [6, 6.07) is 0. The van der Waals surface area contributed by atoms with E-state index in [1.807, 2.05) is 0 Å². The minimum atomic E-state index is 0.528. The van der Waals surface area contributed by atoms with Crippen molar-refractivity contribution in [2.24, 2.45) is 22.7 Å². The molecule has 1 aliphatic heterocycles. The van der Waals surface area contributed by atoms with Crippen LogP contribution in [0.25, 0.3) is 0 Å². The monoisotopic (exact) mass is 265 g/mol. The largest absolute Gasteiger partial charge is 0.303 e. The second-order valence-corrected chi connectivity index (χ2v) is 9.17. The Morgan fingerprint density at radius 1 is 0.947 bits per heavy atom. The Hall–Kier alpha value is -0.0400. The van der Waals surface area contributed by atoms with Crippen molar-refractivity contribution < 1.29 is 0 Å². The second kappa shape index (κ2) is 5.76. The van der Waals surface area contributed by atoms with Gasteiger partial charge in [-0.25, -0.2) is 0 Å². The smallest absolute Gasteiger partial charge is 0.000653 e. The molecule has 1 aliphatic carbocycles. The minimum absolute atomic E-state index is 0.528. The molecule has 0 aromatic rings. The van der Waals surface area contributed by atoms with Crippen molar-refractivity contribution in [3.8, 4) is 0 Å². The molecule has 0 N–H and O–H groups in total. The molecule has 2 unspecified atom stereocenters. The Morgan fingerprint density at radius 3 is 2.16 bits per heavy atom. The standard InChI is InChI=1S/C18H35N/c1-17(2,3)8-7-15-13-16(15)14-18(4,5)9-12-19-10-6-11-19/h15-16H,6-14H2,1-5H3. The fourth-order valence-electron chi connectivity index (χ4n) is 3.41. The van der Waals surface area contributed by atoms with Crippen molar-refractivity contribution in [3.63, 3.8) is 0 Å². The Morgan fingerprint density at radius 2 is 1.63 bits per heavy atom. The van der Waals surface area contributed by atoms with Gasteiger partial charge in [-0.05, 0) is 80.8 Å². The van der Waals surface area contributed by atoms with Crippen LogP contribution in [0.1, 0.15) is 73.1 Å². The van der Waals surface area contributed by atoms with Gasteiger partial charge in [0.15, 0.2) is 0 Å². The highest BCUT2D eigenvalue weighted by Gasteiger charge is 2.40. The number of likely N-dealkylation sites (tertiary alicyclic amines) is 1. The van der Waals surface area contributed by atoms with Gasteiger partial charge < -0.3 is 4.90 Å². The van der Waals surface area contributed by atoms with Crippen molar-refractivity contribution >= 4 is 0 Å². The van der Waals surface area contributed by atoms with Gasteiger partial charge in [-0.15, -0.1) is 0 Å². The van der Waals surface area contributed by atoms with Crippen LogP contribution in [0.2, 0.25) is 0 Å². The van der Waals surface area contributed by atoms with E-state index in [-0.39, 0.29) is 0 Å². The third kappa shape index (κ3) is 5.45. The quantitative estimate of drug-likeness (QED) is 0.629. The molecular formula is C18H35N.